The number of aliphatic hydroxyl groups excluding tert-OH is 12. The SMILES string of the molecule is CC(=O)N[C@@H]1[C@@H](O)[C@H](O[C@@H]2O[C@H](CO)[C@@H](O)[C@H](O[C@@H]3O[C@H](CO)[C@@H](O[C@H]4O[C@H](CO)[C@@H](O)[C@H](O)[C@@H]4O)[C@H](O)[C@@H]3O)[C@H]2NC(C)=O)[C@@H](CO)O[C@H]1O. The van der Waals surface area contributed by atoms with E-state index in [1.807, 2.05) is 0 Å². The van der Waals surface area contributed by atoms with Crippen LogP contribution >= 0.6 is 0 Å². The Hall–Kier alpha value is -1.82. The highest BCUT2D eigenvalue weighted by atomic mass is 16.8. The molecule has 4 aliphatic rings. The molecule has 4 rings (SSSR count). The van der Waals surface area contributed by atoms with Gasteiger partial charge in [-0.25, -0.2) is 0 Å². The van der Waals surface area contributed by atoms with Gasteiger partial charge in [-0.15, -0.1) is 0 Å². The number of ether oxygens (including phenoxy) is 7. The van der Waals surface area contributed by atoms with Gasteiger partial charge in [0, 0.05) is 13.8 Å². The molecule has 0 bridgehead atoms. The second-order valence-corrected chi connectivity index (χ2v) is 12.6. The van der Waals surface area contributed by atoms with Gasteiger partial charge in [0.1, 0.15) is 97.5 Å². The molecule has 0 unspecified atom stereocenters. The number of aliphatic hydroxyl groups is 12. The van der Waals surface area contributed by atoms with Crippen molar-refractivity contribution >= 4 is 11.8 Å². The van der Waals surface area contributed by atoms with Crippen LogP contribution in [0.3, 0.4) is 0 Å². The summed E-state index contributed by atoms with van der Waals surface area (Å²) in [5.74, 6) is -1.42. The Morgan fingerprint density at radius 3 is 1.43 bits per heavy atom. The van der Waals surface area contributed by atoms with Crippen LogP contribution in [0.5, 0.6) is 0 Å². The van der Waals surface area contributed by atoms with Gasteiger partial charge in [0.25, 0.3) is 0 Å². The molecule has 0 aromatic heterocycles. The van der Waals surface area contributed by atoms with Crippen molar-refractivity contribution in [3.63, 3.8) is 0 Å². The summed E-state index contributed by atoms with van der Waals surface area (Å²) < 4.78 is 39.2. The molecule has 296 valence electrons. The highest BCUT2D eigenvalue weighted by molar-refractivity contribution is 5.73. The van der Waals surface area contributed by atoms with Gasteiger partial charge in [-0.3, -0.25) is 9.59 Å². The molecule has 23 heteroatoms. The lowest BCUT2D eigenvalue weighted by atomic mass is 9.94. The minimum Gasteiger partial charge on any atom is -0.394 e. The monoisotopic (exact) mass is 748 g/mol. The van der Waals surface area contributed by atoms with E-state index in [1.54, 1.807) is 0 Å². The lowest BCUT2D eigenvalue weighted by Gasteiger charge is -2.50. The topological polar surface area (TPSA) is 366 Å². The molecular formula is C28H48N2O21. The molecule has 14 N–H and O–H groups in total. The predicted molar refractivity (Wildman–Crippen MR) is 157 cm³/mol. The van der Waals surface area contributed by atoms with E-state index in [2.05, 4.69) is 10.6 Å². The number of carbonyl (C=O) groups is 2. The fraction of sp³-hybridized carbons (Fsp3) is 0.929. The van der Waals surface area contributed by atoms with E-state index in [0.717, 1.165) is 13.8 Å². The minimum atomic E-state index is -2.07. The number of carbonyl (C=O) groups excluding carboxylic acids is 2. The Kier molecular flexibility index (Phi) is 14.8. The Labute approximate surface area is 289 Å². The molecule has 0 spiro atoms. The summed E-state index contributed by atoms with van der Waals surface area (Å²) in [7, 11) is 0. The van der Waals surface area contributed by atoms with Crippen molar-refractivity contribution in [2.24, 2.45) is 0 Å². The van der Waals surface area contributed by atoms with Crippen molar-refractivity contribution in [1.82, 2.24) is 10.6 Å². The van der Waals surface area contributed by atoms with Crippen molar-refractivity contribution < 1.29 is 104 Å². The van der Waals surface area contributed by atoms with Gasteiger partial charge < -0.3 is 105 Å². The first-order chi connectivity index (χ1) is 24.1. The highest BCUT2D eigenvalue weighted by Crippen LogP contribution is 2.34. The number of nitrogens with one attached hydrogen (secondary N) is 2. The van der Waals surface area contributed by atoms with Crippen molar-refractivity contribution in [2.45, 2.75) is 137 Å². The summed E-state index contributed by atoms with van der Waals surface area (Å²) in [6.45, 7) is -1.28. The van der Waals surface area contributed by atoms with Crippen LogP contribution in [0.25, 0.3) is 0 Å². The van der Waals surface area contributed by atoms with E-state index in [1.165, 1.54) is 0 Å². The van der Waals surface area contributed by atoms with E-state index in [9.17, 15) is 70.9 Å². The standard InChI is InChI=1S/C28H48N2O21/c1-7(35)29-13-17(39)22(11(5-33)45-25(13)44)49-26-14(30-8(2)36)24(16(38)10(4-32)46-26)51-28-21(43)19(41)23(12(6-34)48-28)50-27-20(42)18(40)15(37)9(3-31)47-27/h9-28,31-34,37-44H,3-6H2,1-2H3,(H,29,35)(H,30,36)/t9-,10-,11-,12-,13-,14-,15-,16-,17-,18+,19-,20+,21+,22-,23-,24-,25-,26+,27-,28+/m1/s1. The van der Waals surface area contributed by atoms with Crippen LogP contribution < -0.4 is 10.6 Å². The molecule has 23 nitrogen and oxygen atoms in total. The van der Waals surface area contributed by atoms with Crippen LogP contribution in [-0.4, -0.2) is 222 Å². The van der Waals surface area contributed by atoms with Crippen molar-refractivity contribution in [3.8, 4) is 0 Å². The molecule has 20 atom stereocenters. The quantitative estimate of drug-likeness (QED) is 0.0881. The van der Waals surface area contributed by atoms with Crippen molar-refractivity contribution in [1.29, 1.82) is 0 Å². The molecule has 0 radical (unpaired) electrons. The molecule has 2 amide bonds. The lowest BCUT2D eigenvalue weighted by molar-refractivity contribution is -0.377. The van der Waals surface area contributed by atoms with Gasteiger partial charge in [0.05, 0.1) is 26.4 Å². The molecule has 51 heavy (non-hydrogen) atoms. The summed E-state index contributed by atoms with van der Waals surface area (Å²) in [6, 6.07) is -3.05. The van der Waals surface area contributed by atoms with Gasteiger partial charge in [-0.1, -0.05) is 0 Å². The first kappa shape index (κ1) is 41.9. The highest BCUT2D eigenvalue weighted by Gasteiger charge is 2.55. The lowest BCUT2D eigenvalue weighted by Crippen LogP contribution is -2.70. The summed E-state index contributed by atoms with van der Waals surface area (Å²) in [5.41, 5.74) is 0. The van der Waals surface area contributed by atoms with Gasteiger partial charge in [-0.2, -0.15) is 0 Å². The Morgan fingerprint density at radius 2 is 0.882 bits per heavy atom. The maximum Gasteiger partial charge on any atom is 0.217 e. The summed E-state index contributed by atoms with van der Waals surface area (Å²) in [4.78, 5) is 24.1. The summed E-state index contributed by atoms with van der Waals surface area (Å²) in [5, 5.41) is 129. The van der Waals surface area contributed by atoms with E-state index in [-0.39, 0.29) is 0 Å². The minimum absolute atomic E-state index is 0.667. The zero-order chi connectivity index (χ0) is 37.9. The number of amides is 2. The second-order valence-electron chi connectivity index (χ2n) is 12.6. The number of rotatable bonds is 12. The van der Waals surface area contributed by atoms with Crippen LogP contribution in [0.4, 0.5) is 0 Å². The van der Waals surface area contributed by atoms with E-state index < -0.39 is 161 Å². The number of hydrogen-bond acceptors (Lipinski definition) is 21. The van der Waals surface area contributed by atoms with Gasteiger partial charge >= 0.3 is 0 Å². The fourth-order valence-corrected chi connectivity index (χ4v) is 6.35. The van der Waals surface area contributed by atoms with Crippen LogP contribution in [0, 0.1) is 0 Å². The third-order valence-corrected chi connectivity index (χ3v) is 9.01. The maximum absolute atomic E-state index is 12.4. The van der Waals surface area contributed by atoms with Gasteiger partial charge in [0.2, 0.25) is 11.8 Å². The van der Waals surface area contributed by atoms with E-state index in [0.29, 0.717) is 0 Å². The van der Waals surface area contributed by atoms with E-state index >= 15 is 0 Å². The zero-order valence-electron chi connectivity index (χ0n) is 27.4. The molecule has 4 saturated heterocycles. The zero-order valence-corrected chi connectivity index (χ0v) is 27.4. The Morgan fingerprint density at radius 1 is 0.471 bits per heavy atom. The first-order valence-corrected chi connectivity index (χ1v) is 16.1. The molecule has 0 aromatic rings. The van der Waals surface area contributed by atoms with Crippen LogP contribution in [-0.2, 0) is 42.7 Å². The molecule has 0 aliphatic carbocycles. The largest absolute Gasteiger partial charge is 0.394 e. The second kappa shape index (κ2) is 18.0. The van der Waals surface area contributed by atoms with Gasteiger partial charge in [0.15, 0.2) is 25.2 Å². The smallest absolute Gasteiger partial charge is 0.217 e. The van der Waals surface area contributed by atoms with Gasteiger partial charge in [-0.05, 0) is 0 Å². The maximum atomic E-state index is 12.4. The summed E-state index contributed by atoms with van der Waals surface area (Å²) >= 11 is 0. The molecule has 4 fully saturated rings. The van der Waals surface area contributed by atoms with E-state index in [4.69, 9.17) is 33.2 Å². The molecular weight excluding hydrogens is 700 g/mol. The van der Waals surface area contributed by atoms with Crippen LogP contribution in [0.2, 0.25) is 0 Å². The summed E-state index contributed by atoms with van der Waals surface area (Å²) in [6.07, 6.45) is -31.5. The predicted octanol–water partition coefficient (Wildman–Crippen LogP) is -9.46. The molecule has 4 aliphatic heterocycles. The average Bonchev–Trinajstić information content (AvgIpc) is 3.09. The van der Waals surface area contributed by atoms with Crippen LogP contribution in [0.15, 0.2) is 0 Å². The average molecular weight is 749 g/mol. The third kappa shape index (κ3) is 9.11. The molecule has 4 heterocycles. The van der Waals surface area contributed by atoms with Crippen molar-refractivity contribution in [3.05, 3.63) is 0 Å². The number of hydrogen-bond donors (Lipinski definition) is 14. The Bertz CT molecular complexity index is 1140. The van der Waals surface area contributed by atoms with Crippen molar-refractivity contribution in [2.75, 3.05) is 26.4 Å². The normalized spacial score (nSPS) is 47.8. The fourth-order valence-electron chi connectivity index (χ4n) is 6.35. The third-order valence-electron chi connectivity index (χ3n) is 9.01. The molecule has 0 aromatic carbocycles. The molecule has 0 saturated carbocycles. The first-order valence-electron chi connectivity index (χ1n) is 16.1. The van der Waals surface area contributed by atoms with Crippen LogP contribution in [0.1, 0.15) is 13.8 Å². The Balaban J connectivity index is 1.57.